The molecule has 0 amide bonds. The number of azo groups is 2. The van der Waals surface area contributed by atoms with E-state index in [2.05, 4.69) is 20.5 Å². The van der Waals surface area contributed by atoms with Crippen molar-refractivity contribution in [2.24, 2.45) is 20.5 Å². The number of halogens is 1. The van der Waals surface area contributed by atoms with Gasteiger partial charge in [-0.3, -0.25) is 4.79 Å². The molecular formula is C32H25ClN4O. The number of Topliss-reactive ketones (excluding diaryl/α,β-unsaturated/α-hetero) is 1. The van der Waals surface area contributed by atoms with Gasteiger partial charge in [0.05, 0.1) is 28.7 Å². The highest BCUT2D eigenvalue weighted by Gasteiger charge is 2.24. The number of nitrogens with zero attached hydrogens (tertiary/aromatic N) is 4. The van der Waals surface area contributed by atoms with Crippen molar-refractivity contribution < 1.29 is 4.79 Å². The van der Waals surface area contributed by atoms with Gasteiger partial charge in [0, 0.05) is 5.56 Å². The van der Waals surface area contributed by atoms with Crippen molar-refractivity contribution in [3.8, 4) is 0 Å². The van der Waals surface area contributed by atoms with Gasteiger partial charge in [0.1, 0.15) is 0 Å². The quantitative estimate of drug-likeness (QED) is 0.149. The first-order chi connectivity index (χ1) is 18.3. The van der Waals surface area contributed by atoms with Gasteiger partial charge in [-0.1, -0.05) is 91.0 Å². The van der Waals surface area contributed by atoms with Crippen LogP contribution in [0.2, 0.25) is 0 Å². The first-order valence-electron chi connectivity index (χ1n) is 12.0. The third-order valence-electron chi connectivity index (χ3n) is 5.85. The number of carbonyl (C=O) groups excluding carboxylic acids is 1. The molecule has 0 aliphatic rings. The SMILES string of the molecule is Cl.O=C(c1ccccc1)C(c1ccc(/N=N/c2ccccc2)cc1)c1ccc(/N=N/c2ccccc2)cc1. The molecule has 5 aromatic rings. The van der Waals surface area contributed by atoms with Crippen molar-refractivity contribution >= 4 is 40.9 Å². The van der Waals surface area contributed by atoms with Gasteiger partial charge in [-0.2, -0.15) is 20.5 Å². The van der Waals surface area contributed by atoms with Crippen molar-refractivity contribution in [1.29, 1.82) is 0 Å². The molecule has 0 aliphatic carbocycles. The van der Waals surface area contributed by atoms with E-state index in [1.54, 1.807) is 0 Å². The van der Waals surface area contributed by atoms with Crippen LogP contribution in [0.1, 0.15) is 27.4 Å². The molecule has 38 heavy (non-hydrogen) atoms. The van der Waals surface area contributed by atoms with Gasteiger partial charge in [0.25, 0.3) is 0 Å². The largest absolute Gasteiger partial charge is 0.293 e. The summed E-state index contributed by atoms with van der Waals surface area (Å²) in [5.74, 6) is -0.444. The van der Waals surface area contributed by atoms with E-state index in [0.29, 0.717) is 5.56 Å². The van der Waals surface area contributed by atoms with Crippen molar-refractivity contribution in [2.75, 3.05) is 0 Å². The minimum absolute atomic E-state index is 0. The predicted molar refractivity (Wildman–Crippen MR) is 154 cm³/mol. The highest BCUT2D eigenvalue weighted by molar-refractivity contribution is 6.03. The van der Waals surface area contributed by atoms with Gasteiger partial charge in [-0.05, 0) is 59.7 Å². The molecule has 0 unspecified atom stereocenters. The maximum absolute atomic E-state index is 13.7. The van der Waals surface area contributed by atoms with Crippen LogP contribution in [0.3, 0.4) is 0 Å². The number of rotatable bonds is 8. The maximum atomic E-state index is 13.7. The molecule has 0 radical (unpaired) electrons. The van der Waals surface area contributed by atoms with Gasteiger partial charge < -0.3 is 0 Å². The molecule has 6 heteroatoms. The maximum Gasteiger partial charge on any atom is 0.174 e. The molecule has 5 rings (SSSR count). The first-order valence-corrected chi connectivity index (χ1v) is 12.0. The van der Waals surface area contributed by atoms with Crippen molar-refractivity contribution in [2.45, 2.75) is 5.92 Å². The minimum atomic E-state index is -0.470. The van der Waals surface area contributed by atoms with Crippen molar-refractivity contribution in [3.63, 3.8) is 0 Å². The molecular weight excluding hydrogens is 492 g/mol. The van der Waals surface area contributed by atoms with Crippen LogP contribution in [0.15, 0.2) is 160 Å². The monoisotopic (exact) mass is 516 g/mol. The number of ketones is 1. The van der Waals surface area contributed by atoms with Gasteiger partial charge in [-0.25, -0.2) is 0 Å². The van der Waals surface area contributed by atoms with Crippen LogP contribution >= 0.6 is 12.4 Å². The van der Waals surface area contributed by atoms with E-state index in [0.717, 1.165) is 33.9 Å². The normalized spacial score (nSPS) is 11.1. The van der Waals surface area contributed by atoms with Crippen molar-refractivity contribution in [1.82, 2.24) is 0 Å². The zero-order valence-corrected chi connectivity index (χ0v) is 21.3. The summed E-state index contributed by atoms with van der Waals surface area (Å²) in [6, 6.07) is 43.8. The fourth-order valence-electron chi connectivity index (χ4n) is 3.95. The van der Waals surface area contributed by atoms with Gasteiger partial charge >= 0.3 is 0 Å². The average Bonchev–Trinajstić information content (AvgIpc) is 2.98. The molecule has 0 bridgehead atoms. The van der Waals surface area contributed by atoms with Crippen LogP contribution in [0.25, 0.3) is 0 Å². The lowest BCUT2D eigenvalue weighted by Gasteiger charge is -2.17. The summed E-state index contributed by atoms with van der Waals surface area (Å²) in [6.07, 6.45) is 0. The summed E-state index contributed by atoms with van der Waals surface area (Å²) in [5, 5.41) is 17.2. The molecule has 0 atom stereocenters. The van der Waals surface area contributed by atoms with Crippen LogP contribution in [0.4, 0.5) is 22.7 Å². The Bertz CT molecular complexity index is 1410. The molecule has 0 fully saturated rings. The lowest BCUT2D eigenvalue weighted by Crippen LogP contribution is -2.14. The van der Waals surface area contributed by atoms with E-state index in [1.165, 1.54) is 0 Å². The fraction of sp³-hybridized carbons (Fsp3) is 0.0312. The molecule has 186 valence electrons. The van der Waals surface area contributed by atoms with Crippen molar-refractivity contribution in [3.05, 3.63) is 156 Å². The van der Waals surface area contributed by atoms with Gasteiger partial charge in [-0.15, -0.1) is 12.4 Å². The van der Waals surface area contributed by atoms with E-state index in [4.69, 9.17) is 0 Å². The smallest absolute Gasteiger partial charge is 0.174 e. The predicted octanol–water partition coefficient (Wildman–Crippen LogP) is 9.95. The number of hydrogen-bond acceptors (Lipinski definition) is 5. The molecule has 0 spiro atoms. The topological polar surface area (TPSA) is 66.5 Å². The minimum Gasteiger partial charge on any atom is -0.293 e. The number of carbonyl (C=O) groups is 1. The molecule has 0 aliphatic heterocycles. The lowest BCUT2D eigenvalue weighted by molar-refractivity contribution is 0.0974. The second kappa shape index (κ2) is 13.0. The molecule has 0 N–H and O–H groups in total. The Morgan fingerprint density at radius 2 is 0.737 bits per heavy atom. The number of benzene rings is 5. The summed E-state index contributed by atoms with van der Waals surface area (Å²) < 4.78 is 0. The Morgan fingerprint density at radius 3 is 1.11 bits per heavy atom. The van der Waals surface area contributed by atoms with Crippen LogP contribution in [-0.4, -0.2) is 5.78 Å². The molecule has 5 nitrogen and oxygen atoms in total. The van der Waals surface area contributed by atoms with E-state index in [1.807, 2.05) is 140 Å². The van der Waals surface area contributed by atoms with E-state index in [9.17, 15) is 4.79 Å². The third kappa shape index (κ3) is 6.72. The Kier molecular flexibility index (Phi) is 9.00. The summed E-state index contributed by atoms with van der Waals surface area (Å²) in [4.78, 5) is 13.7. The summed E-state index contributed by atoms with van der Waals surface area (Å²) in [6.45, 7) is 0. The fourth-order valence-corrected chi connectivity index (χ4v) is 3.95. The highest BCUT2D eigenvalue weighted by Crippen LogP contribution is 2.32. The summed E-state index contributed by atoms with van der Waals surface area (Å²) >= 11 is 0. The average molecular weight is 517 g/mol. The van der Waals surface area contributed by atoms with E-state index >= 15 is 0 Å². The second-order valence-corrected chi connectivity index (χ2v) is 8.42. The van der Waals surface area contributed by atoms with E-state index in [-0.39, 0.29) is 18.2 Å². The first kappa shape index (κ1) is 26.3. The summed E-state index contributed by atoms with van der Waals surface area (Å²) in [5.41, 5.74) is 5.43. The number of hydrogen-bond donors (Lipinski definition) is 0. The van der Waals surface area contributed by atoms with Crippen LogP contribution in [-0.2, 0) is 0 Å². The molecule has 5 aromatic carbocycles. The lowest BCUT2D eigenvalue weighted by atomic mass is 9.84. The van der Waals surface area contributed by atoms with Gasteiger partial charge in [0.15, 0.2) is 5.78 Å². The van der Waals surface area contributed by atoms with Crippen LogP contribution in [0, 0.1) is 0 Å². The molecule has 0 saturated heterocycles. The van der Waals surface area contributed by atoms with Crippen LogP contribution < -0.4 is 0 Å². The van der Waals surface area contributed by atoms with E-state index < -0.39 is 5.92 Å². The van der Waals surface area contributed by atoms with Crippen LogP contribution in [0.5, 0.6) is 0 Å². The Morgan fingerprint density at radius 1 is 0.421 bits per heavy atom. The zero-order valence-electron chi connectivity index (χ0n) is 20.5. The second-order valence-electron chi connectivity index (χ2n) is 8.42. The Labute approximate surface area is 228 Å². The standard InChI is InChI=1S/C32H24N4O.ClH/c37-32(26-10-4-1-5-11-26)31(24-16-20-29(21-17-24)35-33-27-12-6-2-7-13-27)25-18-22-30(23-19-25)36-34-28-14-8-3-9-15-28;/h1-23,31H;1H/b35-33+,36-34+;. The van der Waals surface area contributed by atoms with Gasteiger partial charge in [0.2, 0.25) is 0 Å². The molecule has 0 aromatic heterocycles. The summed E-state index contributed by atoms with van der Waals surface area (Å²) in [7, 11) is 0. The zero-order chi connectivity index (χ0) is 25.3. The Hall–Kier alpha value is -4.74. The third-order valence-corrected chi connectivity index (χ3v) is 5.85. The molecule has 0 heterocycles. The Balaban J connectivity index is 0.00000336. The molecule has 0 saturated carbocycles. The highest BCUT2D eigenvalue weighted by atomic mass is 35.5.